The quantitative estimate of drug-likeness (QED) is 0.785. The van der Waals surface area contributed by atoms with E-state index in [0.717, 1.165) is 16.9 Å². The van der Waals surface area contributed by atoms with Gasteiger partial charge in [0.05, 0.1) is 13.7 Å². The van der Waals surface area contributed by atoms with Crippen molar-refractivity contribution in [1.82, 2.24) is 10.2 Å². The standard InChI is InChI=1S/C20H21ClN2O3/c1-20(12-11-14-5-9-17(26-2)10-6-14)18(24)23(19(25)22-20)13-15-3-7-16(21)8-4-15/h3-10H,11-13H2,1-2H3,(H,22,25). The molecule has 26 heavy (non-hydrogen) atoms. The zero-order valence-corrected chi connectivity index (χ0v) is 15.5. The Labute approximate surface area is 157 Å². The number of hydrogen-bond donors (Lipinski definition) is 1. The fourth-order valence-corrected chi connectivity index (χ4v) is 3.15. The minimum Gasteiger partial charge on any atom is -0.497 e. The van der Waals surface area contributed by atoms with Crippen LogP contribution in [0.25, 0.3) is 0 Å². The summed E-state index contributed by atoms with van der Waals surface area (Å²) in [4.78, 5) is 26.4. The van der Waals surface area contributed by atoms with Gasteiger partial charge in [-0.05, 0) is 55.2 Å². The van der Waals surface area contributed by atoms with E-state index in [1.807, 2.05) is 36.4 Å². The zero-order valence-electron chi connectivity index (χ0n) is 14.8. The van der Waals surface area contributed by atoms with E-state index in [-0.39, 0.29) is 18.5 Å². The van der Waals surface area contributed by atoms with E-state index in [2.05, 4.69) is 5.32 Å². The van der Waals surface area contributed by atoms with Gasteiger partial charge in [-0.25, -0.2) is 4.79 Å². The fourth-order valence-electron chi connectivity index (χ4n) is 3.02. The summed E-state index contributed by atoms with van der Waals surface area (Å²) in [6.45, 7) is 2.01. The number of urea groups is 1. The molecule has 2 aromatic rings. The topological polar surface area (TPSA) is 58.6 Å². The summed E-state index contributed by atoms with van der Waals surface area (Å²) in [6, 6.07) is 14.5. The van der Waals surface area contributed by atoms with E-state index >= 15 is 0 Å². The highest BCUT2D eigenvalue weighted by Crippen LogP contribution is 2.25. The molecule has 2 aromatic carbocycles. The molecule has 136 valence electrons. The number of hydrogen-bond acceptors (Lipinski definition) is 3. The van der Waals surface area contributed by atoms with E-state index < -0.39 is 5.54 Å². The molecule has 1 N–H and O–H groups in total. The van der Waals surface area contributed by atoms with Crippen molar-refractivity contribution in [2.45, 2.75) is 31.8 Å². The zero-order chi connectivity index (χ0) is 18.7. The molecule has 1 aliphatic rings. The smallest absolute Gasteiger partial charge is 0.325 e. The predicted octanol–water partition coefficient (Wildman–Crippen LogP) is 3.79. The second-order valence-corrected chi connectivity index (χ2v) is 7.06. The first-order chi connectivity index (χ1) is 12.4. The normalized spacial score (nSPS) is 19.6. The molecule has 0 saturated carbocycles. The minimum atomic E-state index is -0.899. The molecule has 0 aromatic heterocycles. The van der Waals surface area contributed by atoms with Crippen LogP contribution in [0.4, 0.5) is 4.79 Å². The summed E-state index contributed by atoms with van der Waals surface area (Å²) >= 11 is 5.88. The van der Waals surface area contributed by atoms with Crippen LogP contribution in [-0.4, -0.2) is 29.5 Å². The third-order valence-electron chi connectivity index (χ3n) is 4.67. The van der Waals surface area contributed by atoms with Crippen LogP contribution in [0.3, 0.4) is 0 Å². The van der Waals surface area contributed by atoms with Crippen LogP contribution >= 0.6 is 11.6 Å². The summed E-state index contributed by atoms with van der Waals surface area (Å²) < 4.78 is 5.15. The molecule has 0 spiro atoms. The molecule has 6 heteroatoms. The van der Waals surface area contributed by atoms with Crippen LogP contribution in [0.2, 0.25) is 5.02 Å². The van der Waals surface area contributed by atoms with Crippen molar-refractivity contribution in [3.05, 3.63) is 64.7 Å². The lowest BCUT2D eigenvalue weighted by atomic mass is 9.93. The molecule has 1 aliphatic heterocycles. The Hall–Kier alpha value is -2.53. The third kappa shape index (κ3) is 3.83. The molecule has 0 aliphatic carbocycles. The Kier molecular flexibility index (Phi) is 5.18. The molecule has 3 rings (SSSR count). The maximum absolute atomic E-state index is 12.8. The lowest BCUT2D eigenvalue weighted by Gasteiger charge is -2.21. The Morgan fingerprint density at radius 2 is 1.65 bits per heavy atom. The van der Waals surface area contributed by atoms with Gasteiger partial charge in [-0.3, -0.25) is 9.69 Å². The average molecular weight is 373 g/mol. The Bertz CT molecular complexity index is 805. The molecule has 0 bridgehead atoms. The van der Waals surface area contributed by atoms with Gasteiger partial charge in [0.25, 0.3) is 5.91 Å². The van der Waals surface area contributed by atoms with E-state index in [1.54, 1.807) is 26.2 Å². The first-order valence-electron chi connectivity index (χ1n) is 8.43. The van der Waals surface area contributed by atoms with Crippen LogP contribution in [-0.2, 0) is 17.8 Å². The highest BCUT2D eigenvalue weighted by molar-refractivity contribution is 6.30. The Morgan fingerprint density at radius 1 is 1.04 bits per heavy atom. The van der Waals surface area contributed by atoms with Gasteiger partial charge in [0.1, 0.15) is 11.3 Å². The molecular formula is C20H21ClN2O3. The van der Waals surface area contributed by atoms with Crippen molar-refractivity contribution < 1.29 is 14.3 Å². The number of amides is 3. The predicted molar refractivity (Wildman–Crippen MR) is 100 cm³/mol. The van der Waals surface area contributed by atoms with E-state index in [1.165, 1.54) is 4.90 Å². The van der Waals surface area contributed by atoms with Crippen molar-refractivity contribution >= 4 is 23.5 Å². The fraction of sp³-hybridized carbons (Fsp3) is 0.300. The summed E-state index contributed by atoms with van der Waals surface area (Å²) in [5.74, 6) is 0.588. The maximum Gasteiger partial charge on any atom is 0.325 e. The van der Waals surface area contributed by atoms with E-state index in [9.17, 15) is 9.59 Å². The number of nitrogens with zero attached hydrogens (tertiary/aromatic N) is 1. The van der Waals surface area contributed by atoms with Gasteiger partial charge in [0.15, 0.2) is 0 Å². The van der Waals surface area contributed by atoms with Gasteiger partial charge >= 0.3 is 6.03 Å². The van der Waals surface area contributed by atoms with Gasteiger partial charge in [-0.2, -0.15) is 0 Å². The van der Waals surface area contributed by atoms with Crippen molar-refractivity contribution in [3.63, 3.8) is 0 Å². The number of benzene rings is 2. The van der Waals surface area contributed by atoms with Crippen LogP contribution in [0.15, 0.2) is 48.5 Å². The third-order valence-corrected chi connectivity index (χ3v) is 4.92. The highest BCUT2D eigenvalue weighted by atomic mass is 35.5. The summed E-state index contributed by atoms with van der Waals surface area (Å²) in [6.07, 6.45) is 1.21. The maximum atomic E-state index is 12.8. The molecule has 3 amide bonds. The Morgan fingerprint density at radius 3 is 2.27 bits per heavy atom. The van der Waals surface area contributed by atoms with E-state index in [4.69, 9.17) is 16.3 Å². The number of ether oxygens (including phenoxy) is 1. The molecule has 1 heterocycles. The van der Waals surface area contributed by atoms with Gasteiger partial charge in [0.2, 0.25) is 0 Å². The van der Waals surface area contributed by atoms with E-state index in [0.29, 0.717) is 17.9 Å². The van der Waals surface area contributed by atoms with Crippen LogP contribution in [0, 0.1) is 0 Å². The number of methoxy groups -OCH3 is 1. The molecular weight excluding hydrogens is 352 g/mol. The molecule has 1 atom stereocenters. The first-order valence-corrected chi connectivity index (χ1v) is 8.80. The van der Waals surface area contributed by atoms with Gasteiger partial charge in [0, 0.05) is 5.02 Å². The lowest BCUT2D eigenvalue weighted by molar-refractivity contribution is -0.131. The number of nitrogens with one attached hydrogen (secondary N) is 1. The molecule has 0 radical (unpaired) electrons. The minimum absolute atomic E-state index is 0.203. The van der Waals surface area contributed by atoms with Gasteiger partial charge < -0.3 is 10.1 Å². The van der Waals surface area contributed by atoms with Crippen LogP contribution < -0.4 is 10.1 Å². The summed E-state index contributed by atoms with van der Waals surface area (Å²) in [7, 11) is 1.62. The van der Waals surface area contributed by atoms with Crippen molar-refractivity contribution in [2.24, 2.45) is 0 Å². The summed E-state index contributed by atoms with van der Waals surface area (Å²) in [5.41, 5.74) is 1.05. The number of carbonyl (C=O) groups is 2. The molecule has 1 saturated heterocycles. The average Bonchev–Trinajstić information content (AvgIpc) is 2.86. The molecule has 5 nitrogen and oxygen atoms in total. The summed E-state index contributed by atoms with van der Waals surface area (Å²) in [5, 5.41) is 3.46. The molecule has 1 unspecified atom stereocenters. The van der Waals surface area contributed by atoms with Crippen molar-refractivity contribution in [2.75, 3.05) is 7.11 Å². The van der Waals surface area contributed by atoms with Gasteiger partial charge in [-0.15, -0.1) is 0 Å². The number of halogens is 1. The largest absolute Gasteiger partial charge is 0.497 e. The lowest BCUT2D eigenvalue weighted by Crippen LogP contribution is -2.44. The number of rotatable bonds is 6. The van der Waals surface area contributed by atoms with Crippen LogP contribution in [0.1, 0.15) is 24.5 Å². The van der Waals surface area contributed by atoms with Crippen LogP contribution in [0.5, 0.6) is 5.75 Å². The SMILES string of the molecule is COc1ccc(CCC2(C)NC(=O)N(Cc3ccc(Cl)cc3)C2=O)cc1. The second kappa shape index (κ2) is 7.38. The monoisotopic (exact) mass is 372 g/mol. The van der Waals surface area contributed by atoms with Crippen molar-refractivity contribution in [1.29, 1.82) is 0 Å². The number of carbonyl (C=O) groups excluding carboxylic acids is 2. The van der Waals surface area contributed by atoms with Crippen molar-refractivity contribution in [3.8, 4) is 5.75 Å². The Balaban J connectivity index is 1.66. The number of imide groups is 1. The first kappa shape index (κ1) is 18.3. The van der Waals surface area contributed by atoms with Gasteiger partial charge in [-0.1, -0.05) is 35.9 Å². The molecule has 1 fully saturated rings. The second-order valence-electron chi connectivity index (χ2n) is 6.63. The highest BCUT2D eigenvalue weighted by Gasteiger charge is 2.47. The number of aryl methyl sites for hydroxylation is 1.